The summed E-state index contributed by atoms with van der Waals surface area (Å²) in [5.41, 5.74) is 5.49. The largest absolute Gasteiger partial charge is 0.389 e. The van der Waals surface area contributed by atoms with Gasteiger partial charge in [0, 0.05) is 13.0 Å². The first-order chi connectivity index (χ1) is 8.29. The van der Waals surface area contributed by atoms with Crippen molar-refractivity contribution in [2.75, 3.05) is 17.6 Å². The zero-order valence-electron chi connectivity index (χ0n) is 9.32. The highest BCUT2D eigenvalue weighted by Gasteiger charge is 2.25. The topological polar surface area (TPSA) is 50.9 Å². The molecule has 8 heteroatoms. The average Bonchev–Trinajstić information content (AvgIpc) is 2.23. The van der Waals surface area contributed by atoms with Crippen LogP contribution in [0.4, 0.5) is 24.8 Å². The van der Waals surface area contributed by atoms with E-state index in [9.17, 15) is 13.2 Å². The third-order valence-corrected chi connectivity index (χ3v) is 2.73. The van der Waals surface area contributed by atoms with Gasteiger partial charge in [-0.25, -0.2) is 4.98 Å². The number of halogens is 5. The number of alkyl halides is 3. The summed E-state index contributed by atoms with van der Waals surface area (Å²) >= 11 is 11.5. The molecule has 0 aromatic carbocycles. The van der Waals surface area contributed by atoms with Gasteiger partial charge in [-0.15, -0.1) is 0 Å². The number of aromatic nitrogens is 1. The molecule has 0 saturated heterocycles. The van der Waals surface area contributed by atoms with Crippen molar-refractivity contribution in [2.24, 2.45) is 0 Å². The van der Waals surface area contributed by atoms with Crippen LogP contribution in [0.25, 0.3) is 0 Å². The van der Waals surface area contributed by atoms with Gasteiger partial charge in [0.05, 0.1) is 10.0 Å². The van der Waals surface area contributed by atoms with Crippen LogP contribution >= 0.6 is 23.2 Å². The SMILES string of the molecule is Nc1nc(NCCCCC(F)(F)F)c(Cl)cc1Cl. The molecule has 1 aromatic rings. The minimum atomic E-state index is -4.11. The molecule has 0 bridgehead atoms. The van der Waals surface area contributed by atoms with Gasteiger partial charge in [0.15, 0.2) is 0 Å². The van der Waals surface area contributed by atoms with Gasteiger partial charge in [-0.3, -0.25) is 0 Å². The van der Waals surface area contributed by atoms with Crippen molar-refractivity contribution in [1.29, 1.82) is 0 Å². The van der Waals surface area contributed by atoms with Crippen molar-refractivity contribution < 1.29 is 13.2 Å². The van der Waals surface area contributed by atoms with Gasteiger partial charge in [-0.1, -0.05) is 23.2 Å². The van der Waals surface area contributed by atoms with E-state index in [1.54, 1.807) is 0 Å². The standard InChI is InChI=1S/C10H12Cl2F3N3/c11-6-5-7(12)9(18-8(6)16)17-4-2-1-3-10(13,14)15/h5H,1-4H2,(H3,16,17,18). The van der Waals surface area contributed by atoms with E-state index in [1.807, 2.05) is 0 Å². The Hall–Kier alpha value is -0.880. The quantitative estimate of drug-likeness (QED) is 0.805. The Morgan fingerprint density at radius 3 is 2.50 bits per heavy atom. The van der Waals surface area contributed by atoms with Crippen LogP contribution < -0.4 is 11.1 Å². The van der Waals surface area contributed by atoms with Crippen molar-refractivity contribution >= 4 is 34.8 Å². The van der Waals surface area contributed by atoms with E-state index < -0.39 is 12.6 Å². The number of nitrogens with one attached hydrogen (secondary N) is 1. The lowest BCUT2D eigenvalue weighted by atomic mass is 10.2. The van der Waals surface area contributed by atoms with Gasteiger partial charge in [0.2, 0.25) is 0 Å². The Labute approximate surface area is 112 Å². The zero-order chi connectivity index (χ0) is 13.8. The van der Waals surface area contributed by atoms with E-state index >= 15 is 0 Å². The van der Waals surface area contributed by atoms with Gasteiger partial charge in [0.25, 0.3) is 0 Å². The molecule has 0 spiro atoms. The summed E-state index contributed by atoms with van der Waals surface area (Å²) in [5.74, 6) is 0.449. The van der Waals surface area contributed by atoms with Crippen molar-refractivity contribution in [3.8, 4) is 0 Å². The van der Waals surface area contributed by atoms with Gasteiger partial charge in [-0.05, 0) is 18.9 Å². The molecule has 0 radical (unpaired) electrons. The smallest absolute Gasteiger partial charge is 0.382 e. The van der Waals surface area contributed by atoms with Crippen molar-refractivity contribution in [1.82, 2.24) is 4.98 Å². The minimum absolute atomic E-state index is 0.0528. The van der Waals surface area contributed by atoms with Crippen LogP contribution in [0.3, 0.4) is 0 Å². The molecule has 3 N–H and O–H groups in total. The normalized spacial score (nSPS) is 11.6. The second-order valence-electron chi connectivity index (χ2n) is 3.68. The second kappa shape index (κ2) is 6.33. The Balaban J connectivity index is 2.38. The molecule has 0 aliphatic heterocycles. The maximum Gasteiger partial charge on any atom is 0.389 e. The van der Waals surface area contributed by atoms with Crippen molar-refractivity contribution in [3.63, 3.8) is 0 Å². The number of rotatable bonds is 5. The van der Waals surface area contributed by atoms with Gasteiger partial charge >= 0.3 is 6.18 Å². The highest BCUT2D eigenvalue weighted by molar-refractivity contribution is 6.37. The van der Waals surface area contributed by atoms with Crippen molar-refractivity contribution in [3.05, 3.63) is 16.1 Å². The zero-order valence-corrected chi connectivity index (χ0v) is 10.8. The number of nitrogens with zero attached hydrogens (tertiary/aromatic N) is 1. The molecule has 0 fully saturated rings. The predicted molar refractivity (Wildman–Crippen MR) is 67.1 cm³/mol. The number of unbranched alkanes of at least 4 members (excludes halogenated alkanes) is 1. The van der Waals surface area contributed by atoms with E-state index in [4.69, 9.17) is 28.9 Å². The first kappa shape index (κ1) is 15.2. The molecule has 1 aromatic heterocycles. The molecule has 18 heavy (non-hydrogen) atoms. The van der Waals surface area contributed by atoms with Gasteiger partial charge < -0.3 is 11.1 Å². The second-order valence-corrected chi connectivity index (χ2v) is 4.50. The fourth-order valence-electron chi connectivity index (χ4n) is 1.26. The molecule has 1 rings (SSSR count). The molecule has 0 unspecified atom stereocenters. The van der Waals surface area contributed by atoms with Crippen molar-refractivity contribution in [2.45, 2.75) is 25.4 Å². The van der Waals surface area contributed by atoms with E-state index in [0.29, 0.717) is 18.8 Å². The molecule has 102 valence electrons. The van der Waals surface area contributed by atoms with E-state index in [0.717, 1.165) is 0 Å². The molecule has 0 aliphatic rings. The average molecular weight is 302 g/mol. The predicted octanol–water partition coefficient (Wildman–Crippen LogP) is 4.12. The third kappa shape index (κ3) is 5.18. The number of hydrogen-bond donors (Lipinski definition) is 2. The first-order valence-electron chi connectivity index (χ1n) is 5.22. The number of anilines is 2. The molecule has 0 atom stereocenters. The lowest BCUT2D eigenvalue weighted by molar-refractivity contribution is -0.135. The summed E-state index contributed by atoms with van der Waals surface area (Å²) < 4.78 is 35.6. The van der Waals surface area contributed by atoms with Crippen LogP contribution in [0.1, 0.15) is 19.3 Å². The summed E-state index contributed by atoms with van der Waals surface area (Å²) in [6.07, 6.45) is -4.49. The highest BCUT2D eigenvalue weighted by Crippen LogP contribution is 2.27. The number of nitrogen functional groups attached to an aromatic ring is 1. The van der Waals surface area contributed by atoms with Crippen LogP contribution in [0.2, 0.25) is 10.0 Å². The Kier molecular flexibility index (Phi) is 5.34. The third-order valence-electron chi connectivity index (χ3n) is 2.14. The summed E-state index contributed by atoms with van der Waals surface area (Å²) in [5, 5.41) is 3.34. The molecule has 1 heterocycles. The molecule has 0 saturated carbocycles. The maximum absolute atomic E-state index is 11.9. The lowest BCUT2D eigenvalue weighted by Gasteiger charge is -2.09. The Morgan fingerprint density at radius 2 is 1.89 bits per heavy atom. The van der Waals surface area contributed by atoms with Crippen LogP contribution in [0.5, 0.6) is 0 Å². The van der Waals surface area contributed by atoms with E-state index in [1.165, 1.54) is 6.07 Å². The first-order valence-corrected chi connectivity index (χ1v) is 5.97. The number of hydrogen-bond acceptors (Lipinski definition) is 3. The monoisotopic (exact) mass is 301 g/mol. The molecular weight excluding hydrogens is 290 g/mol. The summed E-state index contributed by atoms with van der Waals surface area (Å²) in [4.78, 5) is 3.90. The number of nitrogens with two attached hydrogens (primary N) is 1. The molecule has 3 nitrogen and oxygen atoms in total. The molecular formula is C10H12Cl2F3N3. The highest BCUT2D eigenvalue weighted by atomic mass is 35.5. The van der Waals surface area contributed by atoms with Crippen LogP contribution in [-0.2, 0) is 0 Å². The van der Waals surface area contributed by atoms with Gasteiger partial charge in [0.1, 0.15) is 11.6 Å². The minimum Gasteiger partial charge on any atom is -0.382 e. The summed E-state index contributed by atoms with van der Waals surface area (Å²) in [7, 11) is 0. The lowest BCUT2D eigenvalue weighted by Crippen LogP contribution is -2.09. The Bertz CT molecular complexity index is 410. The van der Waals surface area contributed by atoms with Crippen LogP contribution in [0, 0.1) is 0 Å². The van der Waals surface area contributed by atoms with Crippen LogP contribution in [0.15, 0.2) is 6.07 Å². The summed E-state index contributed by atoms with van der Waals surface area (Å²) in [6.45, 7) is 0.337. The number of pyridine rings is 1. The van der Waals surface area contributed by atoms with E-state index in [-0.39, 0.29) is 22.3 Å². The molecule has 0 aliphatic carbocycles. The van der Waals surface area contributed by atoms with Gasteiger partial charge in [-0.2, -0.15) is 13.2 Å². The van der Waals surface area contributed by atoms with E-state index in [2.05, 4.69) is 10.3 Å². The fourth-order valence-corrected chi connectivity index (χ4v) is 1.69. The molecule has 0 amide bonds. The maximum atomic E-state index is 11.9. The fraction of sp³-hybridized carbons (Fsp3) is 0.500. The summed E-state index contributed by atoms with van der Waals surface area (Å²) in [6, 6.07) is 1.43. The Morgan fingerprint density at radius 1 is 1.22 bits per heavy atom. The van der Waals surface area contributed by atoms with Crippen LogP contribution in [-0.4, -0.2) is 17.7 Å².